The SMILES string of the molecule is Cc1cc(Cl)cc2c1NC(=O)[C@@]21N[C@H](Cc2c[nH]c3ccccc23)[C@H]2C(=O)N(c3ccc4c(c3)OCCO4)C(=O)[C@H]21. The number of rotatable bonds is 3. The van der Waals surface area contributed by atoms with E-state index in [1.165, 1.54) is 4.90 Å². The summed E-state index contributed by atoms with van der Waals surface area (Å²) in [4.78, 5) is 47.1. The van der Waals surface area contributed by atoms with Gasteiger partial charge in [-0.15, -0.1) is 0 Å². The first-order valence-electron chi connectivity index (χ1n) is 13.6. The van der Waals surface area contributed by atoms with Crippen LogP contribution in [0.25, 0.3) is 10.9 Å². The van der Waals surface area contributed by atoms with Crippen molar-refractivity contribution in [1.29, 1.82) is 0 Å². The molecule has 3 amide bonds. The van der Waals surface area contributed by atoms with Crippen LogP contribution in [0.4, 0.5) is 11.4 Å². The smallest absolute Gasteiger partial charge is 0.250 e. The molecule has 4 atom stereocenters. The standard InChI is InChI=1S/C31H25ClN4O5/c1-15-10-17(32)12-20-27(15)34-30(39)31(20)26-25(22(35-31)11-16-14-33-21-5-3-2-4-19(16)21)28(37)36(29(26)38)18-6-7-23-24(13-18)41-9-8-40-23/h2-7,10,12-14,22,25-26,33,35H,8-9,11H2,1H3,(H,34,39)/t22-,25-,26+,31-/m1/s1. The molecule has 3 N–H and O–H groups in total. The van der Waals surface area contributed by atoms with Gasteiger partial charge in [-0.3, -0.25) is 19.7 Å². The van der Waals surface area contributed by atoms with Crippen molar-refractivity contribution in [2.24, 2.45) is 11.8 Å². The summed E-state index contributed by atoms with van der Waals surface area (Å²) in [5.74, 6) is -1.89. The molecule has 41 heavy (non-hydrogen) atoms. The molecule has 0 bridgehead atoms. The Balaban J connectivity index is 1.28. The lowest BCUT2D eigenvalue weighted by Crippen LogP contribution is -2.53. The average molecular weight is 569 g/mol. The molecule has 2 saturated heterocycles. The number of halogens is 1. The number of hydrogen-bond donors (Lipinski definition) is 3. The van der Waals surface area contributed by atoms with Crippen LogP contribution in [-0.2, 0) is 26.3 Å². The van der Waals surface area contributed by atoms with E-state index in [9.17, 15) is 14.4 Å². The number of carbonyl (C=O) groups is 3. The number of nitrogens with zero attached hydrogens (tertiary/aromatic N) is 1. The van der Waals surface area contributed by atoms with Crippen molar-refractivity contribution in [2.45, 2.75) is 24.9 Å². The van der Waals surface area contributed by atoms with Crippen molar-refractivity contribution in [3.63, 3.8) is 0 Å². The summed E-state index contributed by atoms with van der Waals surface area (Å²) in [5, 5.41) is 8.00. The van der Waals surface area contributed by atoms with Crippen LogP contribution in [0.5, 0.6) is 11.5 Å². The van der Waals surface area contributed by atoms with Crippen LogP contribution in [0.3, 0.4) is 0 Å². The summed E-state index contributed by atoms with van der Waals surface area (Å²) >= 11 is 6.50. The lowest BCUT2D eigenvalue weighted by Gasteiger charge is -2.30. The minimum atomic E-state index is -1.46. The summed E-state index contributed by atoms with van der Waals surface area (Å²) in [6.07, 6.45) is 2.36. The molecule has 9 nitrogen and oxygen atoms in total. The highest BCUT2D eigenvalue weighted by Crippen LogP contribution is 2.55. The molecule has 0 radical (unpaired) electrons. The minimum Gasteiger partial charge on any atom is -0.486 e. The van der Waals surface area contributed by atoms with Gasteiger partial charge in [-0.05, 0) is 54.8 Å². The lowest BCUT2D eigenvalue weighted by atomic mass is 9.76. The average Bonchev–Trinajstić information content (AvgIpc) is 3.68. The van der Waals surface area contributed by atoms with Gasteiger partial charge < -0.3 is 19.8 Å². The first-order chi connectivity index (χ1) is 19.9. The number of para-hydroxylation sites is 1. The molecule has 8 rings (SSSR count). The quantitative estimate of drug-likeness (QED) is 0.321. The third-order valence-corrected chi connectivity index (χ3v) is 9.10. The maximum absolute atomic E-state index is 14.4. The van der Waals surface area contributed by atoms with Gasteiger partial charge in [0.15, 0.2) is 11.5 Å². The number of aryl methyl sites for hydroxylation is 1. The van der Waals surface area contributed by atoms with Crippen LogP contribution < -0.4 is 25.0 Å². The number of imide groups is 1. The van der Waals surface area contributed by atoms with E-state index in [0.717, 1.165) is 22.0 Å². The van der Waals surface area contributed by atoms with E-state index in [-0.39, 0.29) is 11.8 Å². The fraction of sp³-hybridized carbons (Fsp3) is 0.258. The number of carbonyl (C=O) groups excluding carboxylic acids is 3. The second kappa shape index (κ2) is 8.58. The van der Waals surface area contributed by atoms with Crippen molar-refractivity contribution in [2.75, 3.05) is 23.4 Å². The molecular weight excluding hydrogens is 544 g/mol. The topological polar surface area (TPSA) is 113 Å². The number of nitrogens with one attached hydrogen (secondary N) is 3. The van der Waals surface area contributed by atoms with Crippen LogP contribution in [0.2, 0.25) is 5.02 Å². The van der Waals surface area contributed by atoms with Gasteiger partial charge in [0, 0.05) is 45.5 Å². The molecule has 0 aliphatic carbocycles. The Morgan fingerprint density at radius 3 is 2.66 bits per heavy atom. The number of amides is 3. The molecule has 5 heterocycles. The van der Waals surface area contributed by atoms with Gasteiger partial charge in [0.2, 0.25) is 17.7 Å². The number of anilines is 2. The molecule has 0 unspecified atom stereocenters. The van der Waals surface area contributed by atoms with Gasteiger partial charge in [0.25, 0.3) is 0 Å². The molecule has 2 fully saturated rings. The highest BCUT2D eigenvalue weighted by molar-refractivity contribution is 6.31. The second-order valence-corrected chi connectivity index (χ2v) is 11.5. The zero-order valence-electron chi connectivity index (χ0n) is 22.0. The van der Waals surface area contributed by atoms with Crippen molar-refractivity contribution in [3.8, 4) is 11.5 Å². The summed E-state index contributed by atoms with van der Waals surface area (Å²) in [7, 11) is 0. The summed E-state index contributed by atoms with van der Waals surface area (Å²) in [6, 6.07) is 16.0. The van der Waals surface area contributed by atoms with E-state index in [1.807, 2.05) is 37.4 Å². The molecule has 1 aromatic heterocycles. The van der Waals surface area contributed by atoms with Crippen molar-refractivity contribution < 1.29 is 23.9 Å². The molecule has 3 aromatic carbocycles. The molecule has 206 valence electrons. The van der Waals surface area contributed by atoms with Gasteiger partial charge in [-0.2, -0.15) is 0 Å². The van der Waals surface area contributed by atoms with Crippen molar-refractivity contribution >= 4 is 51.6 Å². The number of hydrogen-bond acceptors (Lipinski definition) is 6. The largest absolute Gasteiger partial charge is 0.486 e. The van der Waals surface area contributed by atoms with Gasteiger partial charge in [0.05, 0.1) is 17.5 Å². The van der Waals surface area contributed by atoms with Crippen molar-refractivity contribution in [3.05, 3.63) is 82.5 Å². The minimum absolute atomic E-state index is 0.356. The highest BCUT2D eigenvalue weighted by Gasteiger charge is 2.70. The Kier molecular flexibility index (Phi) is 5.12. The zero-order valence-corrected chi connectivity index (χ0v) is 22.7. The molecule has 0 saturated carbocycles. The number of ether oxygens (including phenoxy) is 2. The zero-order chi connectivity index (χ0) is 28.0. The van der Waals surface area contributed by atoms with Crippen LogP contribution in [0.1, 0.15) is 16.7 Å². The number of benzene rings is 3. The highest BCUT2D eigenvalue weighted by atomic mass is 35.5. The normalized spacial score (nSPS) is 26.1. The van der Waals surface area contributed by atoms with Crippen LogP contribution in [-0.4, -0.2) is 42.0 Å². The number of fused-ring (bicyclic) bond motifs is 6. The molecule has 10 heteroatoms. The Bertz CT molecular complexity index is 1820. The maximum Gasteiger partial charge on any atom is 0.250 e. The third-order valence-electron chi connectivity index (χ3n) is 8.88. The van der Waals surface area contributed by atoms with Gasteiger partial charge in [0.1, 0.15) is 18.8 Å². The van der Waals surface area contributed by atoms with Gasteiger partial charge in [-0.1, -0.05) is 29.8 Å². The predicted octanol–water partition coefficient (Wildman–Crippen LogP) is 4.07. The van der Waals surface area contributed by atoms with Crippen molar-refractivity contribution in [1.82, 2.24) is 10.3 Å². The Labute approximate surface area is 239 Å². The Hall–Kier alpha value is -4.34. The Morgan fingerprint density at radius 2 is 1.80 bits per heavy atom. The molecule has 4 aliphatic heterocycles. The fourth-order valence-electron chi connectivity index (χ4n) is 7.17. The fourth-order valence-corrected chi connectivity index (χ4v) is 7.44. The molecule has 4 aromatic rings. The molecule has 1 spiro atoms. The lowest BCUT2D eigenvalue weighted by molar-refractivity contribution is -0.130. The predicted molar refractivity (Wildman–Crippen MR) is 152 cm³/mol. The van der Waals surface area contributed by atoms with E-state index in [0.29, 0.717) is 53.1 Å². The van der Waals surface area contributed by atoms with Gasteiger partial charge in [-0.25, -0.2) is 4.90 Å². The van der Waals surface area contributed by atoms with Crippen LogP contribution in [0, 0.1) is 18.8 Å². The van der Waals surface area contributed by atoms with E-state index >= 15 is 0 Å². The monoisotopic (exact) mass is 568 g/mol. The first kappa shape index (κ1) is 24.5. The number of aromatic amines is 1. The van der Waals surface area contributed by atoms with Crippen LogP contribution in [0.15, 0.2) is 60.8 Å². The first-order valence-corrected chi connectivity index (χ1v) is 14.0. The maximum atomic E-state index is 14.4. The van der Waals surface area contributed by atoms with Gasteiger partial charge >= 0.3 is 0 Å². The number of H-pyrrole nitrogens is 1. The summed E-state index contributed by atoms with van der Waals surface area (Å²) < 4.78 is 11.4. The summed E-state index contributed by atoms with van der Waals surface area (Å²) in [6.45, 7) is 2.67. The second-order valence-electron chi connectivity index (χ2n) is 11.1. The number of aromatic nitrogens is 1. The Morgan fingerprint density at radius 1 is 1.00 bits per heavy atom. The van der Waals surface area contributed by atoms with E-state index in [4.69, 9.17) is 21.1 Å². The van der Waals surface area contributed by atoms with E-state index < -0.39 is 29.3 Å². The van der Waals surface area contributed by atoms with E-state index in [1.54, 1.807) is 30.3 Å². The third kappa shape index (κ3) is 3.30. The summed E-state index contributed by atoms with van der Waals surface area (Å²) in [5.41, 5.74) is 2.90. The van der Waals surface area contributed by atoms with Crippen LogP contribution >= 0.6 is 11.6 Å². The molecular formula is C31H25ClN4O5. The van der Waals surface area contributed by atoms with E-state index in [2.05, 4.69) is 15.6 Å². The molecule has 4 aliphatic rings.